The average molecular weight is 151 g/mol. The van der Waals surface area contributed by atoms with E-state index in [0.29, 0.717) is 5.92 Å². The Bertz CT molecular complexity index is 204. The maximum atomic E-state index is 9.32. The molecule has 2 fully saturated rings. The quantitative estimate of drug-likeness (QED) is 0.616. The van der Waals surface area contributed by atoms with E-state index in [0.717, 1.165) is 19.3 Å². The van der Waals surface area contributed by atoms with Gasteiger partial charge in [0.15, 0.2) is 0 Å². The van der Waals surface area contributed by atoms with E-state index < -0.39 is 0 Å². The first-order valence-electron chi connectivity index (χ1n) is 4.36. The Hall–Kier alpha value is -0.550. The molecule has 0 saturated heterocycles. The van der Waals surface area contributed by atoms with Crippen LogP contribution in [-0.4, -0.2) is 11.2 Å². The lowest BCUT2D eigenvalue weighted by Crippen LogP contribution is -2.17. The predicted molar refractivity (Wildman–Crippen MR) is 40.6 cm³/mol. The normalized spacial score (nSPS) is 43.8. The summed E-state index contributed by atoms with van der Waals surface area (Å²) in [6.45, 7) is 0. The van der Waals surface area contributed by atoms with Crippen LogP contribution in [0.5, 0.6) is 0 Å². The van der Waals surface area contributed by atoms with Gasteiger partial charge in [-0.1, -0.05) is 0 Å². The summed E-state index contributed by atoms with van der Waals surface area (Å²) < 4.78 is 0. The fourth-order valence-corrected chi connectivity index (χ4v) is 2.25. The highest BCUT2D eigenvalue weighted by Crippen LogP contribution is 2.54. The first kappa shape index (κ1) is 7.12. The van der Waals surface area contributed by atoms with Crippen LogP contribution in [0.15, 0.2) is 0 Å². The molecule has 2 atom stereocenters. The van der Waals surface area contributed by atoms with E-state index in [1.165, 1.54) is 12.8 Å². The maximum Gasteiger partial charge on any atom is 0.0693 e. The molecular weight excluding hydrogens is 138 g/mol. The number of aliphatic hydroxyl groups excluding tert-OH is 1. The highest BCUT2D eigenvalue weighted by Gasteiger charge is 2.49. The van der Waals surface area contributed by atoms with Crippen LogP contribution in [0.1, 0.15) is 32.1 Å². The van der Waals surface area contributed by atoms with Gasteiger partial charge in [0.2, 0.25) is 0 Å². The molecule has 0 aromatic carbocycles. The van der Waals surface area contributed by atoms with Crippen molar-refractivity contribution in [2.75, 3.05) is 0 Å². The van der Waals surface area contributed by atoms with Crippen molar-refractivity contribution in [1.82, 2.24) is 0 Å². The smallest absolute Gasteiger partial charge is 0.0693 e. The van der Waals surface area contributed by atoms with E-state index >= 15 is 0 Å². The summed E-state index contributed by atoms with van der Waals surface area (Å²) in [5.41, 5.74) is -0.126. The van der Waals surface area contributed by atoms with Crippen LogP contribution >= 0.6 is 0 Å². The van der Waals surface area contributed by atoms with E-state index in [4.69, 9.17) is 5.26 Å². The highest BCUT2D eigenvalue weighted by atomic mass is 16.3. The molecule has 0 aromatic rings. The van der Waals surface area contributed by atoms with Crippen LogP contribution in [0.3, 0.4) is 0 Å². The predicted octanol–water partition coefficient (Wildman–Crippen LogP) is 1.45. The van der Waals surface area contributed by atoms with E-state index in [2.05, 4.69) is 6.07 Å². The van der Waals surface area contributed by atoms with Crippen LogP contribution in [0, 0.1) is 22.7 Å². The SMILES string of the molecule is N#CC1(C2CC2)CCC(O)C1. The molecule has 2 heteroatoms. The molecule has 0 aromatic heterocycles. The van der Waals surface area contributed by atoms with Crippen molar-refractivity contribution in [3.05, 3.63) is 0 Å². The summed E-state index contributed by atoms with van der Waals surface area (Å²) in [5, 5.41) is 18.3. The van der Waals surface area contributed by atoms with Crippen molar-refractivity contribution in [2.24, 2.45) is 11.3 Å². The van der Waals surface area contributed by atoms with Crippen molar-refractivity contribution in [3.8, 4) is 6.07 Å². The molecule has 0 spiro atoms. The molecule has 2 nitrogen and oxygen atoms in total. The van der Waals surface area contributed by atoms with Gasteiger partial charge in [-0.05, 0) is 38.0 Å². The molecule has 60 valence electrons. The summed E-state index contributed by atoms with van der Waals surface area (Å²) >= 11 is 0. The number of nitrogens with zero attached hydrogens (tertiary/aromatic N) is 1. The molecule has 2 saturated carbocycles. The van der Waals surface area contributed by atoms with E-state index in [1.807, 2.05) is 0 Å². The standard InChI is InChI=1S/C9H13NO/c10-6-9(7-1-2-7)4-3-8(11)5-9/h7-8,11H,1-5H2. The van der Waals surface area contributed by atoms with Crippen LogP contribution in [0.4, 0.5) is 0 Å². The third-order valence-electron chi connectivity index (χ3n) is 3.11. The Morgan fingerprint density at radius 1 is 1.36 bits per heavy atom. The van der Waals surface area contributed by atoms with Gasteiger partial charge in [-0.2, -0.15) is 5.26 Å². The van der Waals surface area contributed by atoms with Crippen LogP contribution in [-0.2, 0) is 0 Å². The van der Waals surface area contributed by atoms with Gasteiger partial charge in [-0.3, -0.25) is 0 Å². The van der Waals surface area contributed by atoms with Crippen LogP contribution in [0.2, 0.25) is 0 Å². The summed E-state index contributed by atoms with van der Waals surface area (Å²) in [5.74, 6) is 0.615. The van der Waals surface area contributed by atoms with Gasteiger partial charge >= 0.3 is 0 Å². The zero-order valence-electron chi connectivity index (χ0n) is 6.58. The third kappa shape index (κ3) is 1.04. The molecule has 0 amide bonds. The second-order valence-electron chi connectivity index (χ2n) is 3.94. The van der Waals surface area contributed by atoms with Crippen molar-refractivity contribution in [3.63, 3.8) is 0 Å². The monoisotopic (exact) mass is 151 g/mol. The largest absolute Gasteiger partial charge is 0.393 e. The van der Waals surface area contributed by atoms with Crippen molar-refractivity contribution >= 4 is 0 Å². The second-order valence-corrected chi connectivity index (χ2v) is 3.94. The van der Waals surface area contributed by atoms with Gasteiger partial charge in [-0.25, -0.2) is 0 Å². The molecule has 2 unspecified atom stereocenters. The Balaban J connectivity index is 2.12. The van der Waals surface area contributed by atoms with Gasteiger partial charge < -0.3 is 5.11 Å². The molecule has 1 N–H and O–H groups in total. The maximum absolute atomic E-state index is 9.32. The Morgan fingerprint density at radius 3 is 2.45 bits per heavy atom. The van der Waals surface area contributed by atoms with E-state index in [-0.39, 0.29) is 11.5 Å². The molecule has 0 radical (unpaired) electrons. The lowest BCUT2D eigenvalue weighted by Gasteiger charge is -2.18. The zero-order chi connectivity index (χ0) is 7.90. The van der Waals surface area contributed by atoms with E-state index in [9.17, 15) is 5.11 Å². The van der Waals surface area contributed by atoms with Gasteiger partial charge in [0.05, 0.1) is 17.6 Å². The molecule has 2 rings (SSSR count). The van der Waals surface area contributed by atoms with Gasteiger partial charge in [0, 0.05) is 0 Å². The number of hydrogen-bond donors (Lipinski definition) is 1. The van der Waals surface area contributed by atoms with Crippen LogP contribution in [0.25, 0.3) is 0 Å². The van der Waals surface area contributed by atoms with Gasteiger partial charge in [0.1, 0.15) is 0 Å². The number of rotatable bonds is 1. The summed E-state index contributed by atoms with van der Waals surface area (Å²) in [7, 11) is 0. The van der Waals surface area contributed by atoms with Crippen molar-refractivity contribution in [1.29, 1.82) is 5.26 Å². The third-order valence-corrected chi connectivity index (χ3v) is 3.11. The Labute approximate surface area is 66.8 Å². The lowest BCUT2D eigenvalue weighted by molar-refractivity contribution is 0.166. The molecule has 11 heavy (non-hydrogen) atoms. The zero-order valence-corrected chi connectivity index (χ0v) is 6.58. The Morgan fingerprint density at radius 2 is 2.09 bits per heavy atom. The highest BCUT2D eigenvalue weighted by molar-refractivity contribution is 5.11. The fourth-order valence-electron chi connectivity index (χ4n) is 2.25. The first-order chi connectivity index (χ1) is 5.27. The van der Waals surface area contributed by atoms with Gasteiger partial charge in [0.25, 0.3) is 0 Å². The fraction of sp³-hybridized carbons (Fsp3) is 0.889. The molecule has 0 heterocycles. The lowest BCUT2D eigenvalue weighted by atomic mass is 9.82. The number of hydrogen-bond acceptors (Lipinski definition) is 2. The van der Waals surface area contributed by atoms with Gasteiger partial charge in [-0.15, -0.1) is 0 Å². The minimum atomic E-state index is -0.199. The van der Waals surface area contributed by atoms with Crippen LogP contribution < -0.4 is 0 Å². The average Bonchev–Trinajstić information content (AvgIpc) is 2.77. The first-order valence-corrected chi connectivity index (χ1v) is 4.36. The summed E-state index contributed by atoms with van der Waals surface area (Å²) in [4.78, 5) is 0. The molecule has 0 aliphatic heterocycles. The minimum Gasteiger partial charge on any atom is -0.393 e. The molecule has 0 bridgehead atoms. The molecular formula is C9H13NO. The minimum absolute atomic E-state index is 0.126. The summed E-state index contributed by atoms with van der Waals surface area (Å²) in [6, 6.07) is 2.41. The topological polar surface area (TPSA) is 44.0 Å². The summed E-state index contributed by atoms with van der Waals surface area (Å²) in [6.07, 6.45) is 4.71. The molecule has 2 aliphatic rings. The number of aliphatic hydroxyl groups is 1. The van der Waals surface area contributed by atoms with E-state index in [1.54, 1.807) is 0 Å². The Kier molecular flexibility index (Phi) is 1.43. The molecule has 2 aliphatic carbocycles. The van der Waals surface area contributed by atoms with Crippen molar-refractivity contribution < 1.29 is 5.11 Å². The number of nitriles is 1. The van der Waals surface area contributed by atoms with Crippen molar-refractivity contribution in [2.45, 2.75) is 38.2 Å². The second kappa shape index (κ2) is 2.22.